The number of likely N-dealkylation sites (tertiary alicyclic amines) is 1. The van der Waals surface area contributed by atoms with E-state index < -0.39 is 5.41 Å². The molecule has 1 aromatic heterocycles. The third-order valence-corrected chi connectivity index (χ3v) is 9.19. The molecule has 0 radical (unpaired) electrons. The van der Waals surface area contributed by atoms with Crippen LogP contribution in [0.5, 0.6) is 0 Å². The maximum atomic E-state index is 13.2. The summed E-state index contributed by atoms with van der Waals surface area (Å²) in [6.45, 7) is 10.3. The van der Waals surface area contributed by atoms with Gasteiger partial charge in [0.25, 0.3) is 11.8 Å². The van der Waals surface area contributed by atoms with Crippen LogP contribution in [0.15, 0.2) is 36.4 Å². The molecule has 1 saturated heterocycles. The van der Waals surface area contributed by atoms with Crippen LogP contribution in [0, 0.1) is 12.5 Å². The van der Waals surface area contributed by atoms with Gasteiger partial charge in [0.05, 0.1) is 12.5 Å². The normalized spacial score (nSPS) is 17.4. The lowest BCUT2D eigenvalue weighted by atomic mass is 9.66. The zero-order valence-corrected chi connectivity index (χ0v) is 27.1. The standard InChI is InChI=1S/C34H42N8O3/c1-22(10-17-30(43)42-18-8-9-29(42)35-2)21-34(33-36-38-41(7)37-33)27-15-13-25(31(44)39(3)4)19-23(27)11-12-24-20-26(14-16-28(24)34)32(45)40(5)6/h13-16,19-20,22,29H,8-12,17-18,21H2,1,3-7H3/t22-,29-/m0/s1. The van der Waals surface area contributed by atoms with Crippen LogP contribution in [0.1, 0.15) is 87.8 Å². The molecule has 1 fully saturated rings. The minimum absolute atomic E-state index is 0.0207. The Morgan fingerprint density at radius 1 is 1.00 bits per heavy atom. The van der Waals surface area contributed by atoms with E-state index in [0.717, 1.165) is 35.1 Å². The van der Waals surface area contributed by atoms with Crippen molar-refractivity contribution in [2.75, 3.05) is 34.7 Å². The number of aryl methyl sites for hydroxylation is 3. The lowest BCUT2D eigenvalue weighted by Gasteiger charge is -2.36. The monoisotopic (exact) mass is 610 g/mol. The summed E-state index contributed by atoms with van der Waals surface area (Å²) >= 11 is 0. The average Bonchev–Trinajstić information content (AvgIpc) is 3.67. The van der Waals surface area contributed by atoms with Crippen LogP contribution in [0.2, 0.25) is 0 Å². The third kappa shape index (κ3) is 6.06. The second kappa shape index (κ2) is 12.8. The molecule has 0 unspecified atom stereocenters. The maximum absolute atomic E-state index is 13.2. The molecule has 0 bridgehead atoms. The smallest absolute Gasteiger partial charge is 0.300 e. The molecule has 0 spiro atoms. The lowest BCUT2D eigenvalue weighted by Crippen LogP contribution is -2.36. The fourth-order valence-corrected chi connectivity index (χ4v) is 6.95. The van der Waals surface area contributed by atoms with E-state index in [1.807, 2.05) is 36.4 Å². The van der Waals surface area contributed by atoms with Crippen molar-refractivity contribution in [3.8, 4) is 0 Å². The van der Waals surface area contributed by atoms with Gasteiger partial charge in [-0.05, 0) is 89.8 Å². The molecule has 45 heavy (non-hydrogen) atoms. The number of carbonyl (C=O) groups is 3. The van der Waals surface area contributed by atoms with Gasteiger partial charge in [0.1, 0.15) is 0 Å². The Kier molecular flexibility index (Phi) is 9.05. The molecule has 3 aromatic rings. The predicted molar refractivity (Wildman–Crippen MR) is 169 cm³/mol. The van der Waals surface area contributed by atoms with Crippen molar-refractivity contribution in [2.24, 2.45) is 13.0 Å². The average molecular weight is 611 g/mol. The fraction of sp³-hybridized carbons (Fsp3) is 0.500. The Labute approximate surface area is 265 Å². The molecule has 2 aliphatic rings. The number of carbonyl (C=O) groups excluding carboxylic acids is 3. The molecule has 3 amide bonds. The van der Waals surface area contributed by atoms with Gasteiger partial charge in [0.2, 0.25) is 5.91 Å². The second-order valence-electron chi connectivity index (χ2n) is 12.8. The zero-order valence-electron chi connectivity index (χ0n) is 27.1. The summed E-state index contributed by atoms with van der Waals surface area (Å²) in [5, 5.41) is 13.6. The van der Waals surface area contributed by atoms with Crippen molar-refractivity contribution < 1.29 is 14.4 Å². The number of hydrogen-bond donors (Lipinski definition) is 0. The molecule has 2 atom stereocenters. The number of aromatic nitrogens is 4. The highest BCUT2D eigenvalue weighted by molar-refractivity contribution is 5.95. The topological polar surface area (TPSA) is 109 Å². The van der Waals surface area contributed by atoms with Crippen LogP contribution in [0.25, 0.3) is 4.85 Å². The Balaban J connectivity index is 1.63. The van der Waals surface area contributed by atoms with Gasteiger partial charge in [-0.1, -0.05) is 19.1 Å². The number of rotatable bonds is 8. The van der Waals surface area contributed by atoms with Crippen molar-refractivity contribution in [1.82, 2.24) is 34.9 Å². The number of hydrogen-bond acceptors (Lipinski definition) is 6. The maximum Gasteiger partial charge on any atom is 0.300 e. The zero-order chi connectivity index (χ0) is 32.5. The molecule has 11 heteroatoms. The van der Waals surface area contributed by atoms with Gasteiger partial charge in [-0.25, -0.2) is 6.57 Å². The van der Waals surface area contributed by atoms with E-state index in [-0.39, 0.29) is 29.8 Å². The second-order valence-corrected chi connectivity index (χ2v) is 12.8. The summed E-state index contributed by atoms with van der Waals surface area (Å²) in [5.41, 5.74) is 4.41. The first-order valence-electron chi connectivity index (χ1n) is 15.6. The van der Waals surface area contributed by atoms with Gasteiger partial charge >= 0.3 is 6.17 Å². The summed E-state index contributed by atoms with van der Waals surface area (Å²) in [4.78, 5) is 49.2. The van der Waals surface area contributed by atoms with Crippen LogP contribution < -0.4 is 0 Å². The predicted octanol–water partition coefficient (Wildman–Crippen LogP) is 3.72. The van der Waals surface area contributed by atoms with Crippen LogP contribution in [-0.4, -0.2) is 93.5 Å². The van der Waals surface area contributed by atoms with Gasteiger partial charge in [0, 0.05) is 58.7 Å². The van der Waals surface area contributed by atoms with E-state index in [9.17, 15) is 14.4 Å². The van der Waals surface area contributed by atoms with Crippen molar-refractivity contribution in [1.29, 1.82) is 0 Å². The van der Waals surface area contributed by atoms with Crippen LogP contribution in [0.3, 0.4) is 0 Å². The largest absolute Gasteiger partial charge is 0.345 e. The minimum Gasteiger partial charge on any atom is -0.345 e. The molecule has 236 valence electrons. The van der Waals surface area contributed by atoms with E-state index >= 15 is 0 Å². The molecule has 2 aromatic carbocycles. The quantitative estimate of drug-likeness (QED) is 0.360. The van der Waals surface area contributed by atoms with E-state index in [4.69, 9.17) is 11.7 Å². The molecular formula is C34H42N8O3. The van der Waals surface area contributed by atoms with E-state index in [1.54, 1.807) is 49.9 Å². The van der Waals surface area contributed by atoms with Crippen LogP contribution >= 0.6 is 0 Å². The van der Waals surface area contributed by atoms with E-state index in [1.165, 1.54) is 4.80 Å². The summed E-state index contributed by atoms with van der Waals surface area (Å²) in [6, 6.07) is 11.7. The Morgan fingerprint density at radius 2 is 1.58 bits per heavy atom. The molecule has 1 aliphatic heterocycles. The molecule has 0 N–H and O–H groups in total. The number of fused-ring (bicyclic) bond motifs is 2. The Bertz CT molecular complexity index is 1580. The van der Waals surface area contributed by atoms with Crippen molar-refractivity contribution in [3.63, 3.8) is 0 Å². The SMILES string of the molecule is [C-]#[N+][C@@H]1CCCN1C(=O)CC[C@H](C)CC1(c2nnn(C)n2)c2ccc(C(=O)N(C)C)cc2CCc2cc(C(=O)N(C)C)ccc21. The summed E-state index contributed by atoms with van der Waals surface area (Å²) in [6.07, 6.45) is 4.12. The molecule has 0 saturated carbocycles. The van der Waals surface area contributed by atoms with Crippen LogP contribution in [-0.2, 0) is 30.1 Å². The Morgan fingerprint density at radius 3 is 2.07 bits per heavy atom. The van der Waals surface area contributed by atoms with E-state index in [0.29, 0.717) is 55.6 Å². The number of tetrazole rings is 1. The van der Waals surface area contributed by atoms with Gasteiger partial charge in [-0.3, -0.25) is 24.1 Å². The first-order chi connectivity index (χ1) is 21.5. The van der Waals surface area contributed by atoms with Gasteiger partial charge in [0.15, 0.2) is 5.82 Å². The summed E-state index contributed by atoms with van der Waals surface area (Å²) in [7, 11) is 8.71. The first kappa shape index (κ1) is 31.8. The minimum atomic E-state index is -0.843. The fourth-order valence-electron chi connectivity index (χ4n) is 6.95. The number of benzene rings is 2. The van der Waals surface area contributed by atoms with Gasteiger partial charge in [-0.2, -0.15) is 4.80 Å². The summed E-state index contributed by atoms with van der Waals surface area (Å²) < 4.78 is 0. The third-order valence-electron chi connectivity index (χ3n) is 9.19. The molecular weight excluding hydrogens is 568 g/mol. The van der Waals surface area contributed by atoms with Gasteiger partial charge < -0.3 is 9.80 Å². The number of nitrogens with zero attached hydrogens (tertiary/aromatic N) is 8. The first-order valence-corrected chi connectivity index (χ1v) is 15.6. The molecule has 5 rings (SSSR count). The van der Waals surface area contributed by atoms with E-state index in [2.05, 4.69) is 22.1 Å². The highest BCUT2D eigenvalue weighted by Crippen LogP contribution is 2.48. The molecule has 11 nitrogen and oxygen atoms in total. The Hall–Kier alpha value is -4.59. The highest BCUT2D eigenvalue weighted by atomic mass is 16.2. The molecule has 1 aliphatic carbocycles. The van der Waals surface area contributed by atoms with Gasteiger partial charge in [-0.15, -0.1) is 10.2 Å². The van der Waals surface area contributed by atoms with Crippen molar-refractivity contribution >= 4 is 17.7 Å². The molecule has 2 heterocycles. The summed E-state index contributed by atoms with van der Waals surface area (Å²) in [5.74, 6) is 0.462. The number of amides is 3. The van der Waals surface area contributed by atoms with Crippen molar-refractivity contribution in [2.45, 2.75) is 63.5 Å². The van der Waals surface area contributed by atoms with Crippen LogP contribution in [0.4, 0.5) is 0 Å². The van der Waals surface area contributed by atoms with Crippen molar-refractivity contribution in [3.05, 3.63) is 87.0 Å². The lowest BCUT2D eigenvalue weighted by molar-refractivity contribution is -0.131. The highest BCUT2D eigenvalue weighted by Gasteiger charge is 2.46.